The fourth-order valence-corrected chi connectivity index (χ4v) is 3.00. The van der Waals surface area contributed by atoms with Crippen molar-refractivity contribution in [3.05, 3.63) is 35.9 Å². The Kier molecular flexibility index (Phi) is 4.66. The Morgan fingerprint density at radius 2 is 2.17 bits per heavy atom. The molecule has 0 aliphatic carbocycles. The minimum absolute atomic E-state index is 0.150. The van der Waals surface area contributed by atoms with Crippen molar-refractivity contribution in [3.63, 3.8) is 0 Å². The normalized spacial score (nSPS) is 15.5. The van der Waals surface area contributed by atoms with Gasteiger partial charge in [-0.2, -0.15) is 5.10 Å². The number of amides is 2. The lowest BCUT2D eigenvalue weighted by Crippen LogP contribution is -2.41. The Morgan fingerprint density at radius 3 is 2.83 bits per heavy atom. The molecule has 2 aromatic rings. The van der Waals surface area contributed by atoms with Crippen LogP contribution in [0.5, 0.6) is 5.75 Å². The topological polar surface area (TPSA) is 72.3 Å². The molecule has 0 radical (unpaired) electrons. The number of nitrogens with one attached hydrogen (secondary N) is 1. The molecule has 0 atom stereocenters. The molecule has 8 heteroatoms. The van der Waals surface area contributed by atoms with E-state index in [1.54, 1.807) is 29.4 Å². The molecular weight excluding hydrogens is 318 g/mol. The second kappa shape index (κ2) is 6.87. The Morgan fingerprint density at radius 1 is 1.39 bits per heavy atom. The van der Waals surface area contributed by atoms with Gasteiger partial charge in [0.2, 0.25) is 0 Å². The molecule has 7 nitrogen and oxygen atoms in total. The third-order valence-electron chi connectivity index (χ3n) is 3.98. The van der Waals surface area contributed by atoms with Gasteiger partial charge in [0, 0.05) is 13.1 Å². The summed E-state index contributed by atoms with van der Waals surface area (Å²) >= 11 is 6.07. The molecule has 0 unspecified atom stereocenters. The number of para-hydroxylation sites is 1. The van der Waals surface area contributed by atoms with Gasteiger partial charge in [0.25, 0.3) is 0 Å². The average Bonchev–Trinajstić information content (AvgIpc) is 3.10. The number of nitrogens with zero attached hydrogens (tertiary/aromatic N) is 4. The van der Waals surface area contributed by atoms with Gasteiger partial charge >= 0.3 is 6.03 Å². The Hall–Kier alpha value is -2.28. The quantitative estimate of drug-likeness (QED) is 0.936. The van der Waals surface area contributed by atoms with Crippen molar-refractivity contribution in [1.82, 2.24) is 19.7 Å². The molecule has 0 saturated carbocycles. The van der Waals surface area contributed by atoms with E-state index in [-0.39, 0.29) is 6.03 Å². The van der Waals surface area contributed by atoms with Crippen LogP contribution in [0.15, 0.2) is 30.9 Å². The van der Waals surface area contributed by atoms with Crippen LogP contribution in [0.25, 0.3) is 0 Å². The van der Waals surface area contributed by atoms with Crippen molar-refractivity contribution in [2.24, 2.45) is 0 Å². The van der Waals surface area contributed by atoms with Gasteiger partial charge in [0.05, 0.1) is 23.9 Å². The molecule has 1 fully saturated rings. The van der Waals surface area contributed by atoms with Gasteiger partial charge < -0.3 is 15.0 Å². The monoisotopic (exact) mass is 335 g/mol. The minimum Gasteiger partial charge on any atom is -0.493 e. The highest BCUT2D eigenvalue weighted by atomic mass is 35.5. The number of aromatic nitrogens is 3. The van der Waals surface area contributed by atoms with Crippen molar-refractivity contribution >= 4 is 23.3 Å². The number of carbonyl (C=O) groups excluding carboxylic acids is 1. The first-order chi connectivity index (χ1) is 11.2. The number of benzene rings is 1. The van der Waals surface area contributed by atoms with E-state index in [0.717, 1.165) is 12.8 Å². The molecular formula is C15H18ClN5O2. The molecule has 0 bridgehead atoms. The minimum atomic E-state index is -0.150. The Labute approximate surface area is 139 Å². The van der Waals surface area contributed by atoms with E-state index in [1.807, 2.05) is 4.68 Å². The summed E-state index contributed by atoms with van der Waals surface area (Å²) in [7, 11) is 1.53. The molecule has 1 aliphatic rings. The molecule has 3 rings (SSSR count). The number of halogens is 1. The van der Waals surface area contributed by atoms with Crippen LogP contribution in [0.3, 0.4) is 0 Å². The summed E-state index contributed by atoms with van der Waals surface area (Å²) < 4.78 is 7.10. The van der Waals surface area contributed by atoms with Crippen LogP contribution in [0.1, 0.15) is 18.9 Å². The van der Waals surface area contributed by atoms with Crippen molar-refractivity contribution in [3.8, 4) is 5.75 Å². The number of urea groups is 1. The SMILES string of the molecule is COc1c(Cl)cccc1NC(=O)N1CCC(n2cncn2)CC1. The standard InChI is InChI=1S/C15H18ClN5O2/c1-23-14-12(16)3-2-4-13(14)19-15(22)20-7-5-11(6-8-20)21-10-17-9-18-21/h2-4,9-11H,5-8H2,1H3,(H,19,22). The highest BCUT2D eigenvalue weighted by Crippen LogP contribution is 2.32. The zero-order valence-electron chi connectivity index (χ0n) is 12.8. The van der Waals surface area contributed by atoms with E-state index in [1.165, 1.54) is 13.4 Å². The van der Waals surface area contributed by atoms with Gasteiger partial charge in [0.1, 0.15) is 12.7 Å². The molecule has 122 valence electrons. The lowest BCUT2D eigenvalue weighted by Gasteiger charge is -2.32. The molecule has 1 saturated heterocycles. The predicted molar refractivity (Wildman–Crippen MR) is 86.9 cm³/mol. The number of ether oxygens (including phenoxy) is 1. The van der Waals surface area contributed by atoms with E-state index >= 15 is 0 Å². The van der Waals surface area contributed by atoms with Crippen LogP contribution in [-0.2, 0) is 0 Å². The fraction of sp³-hybridized carbons (Fsp3) is 0.400. The maximum absolute atomic E-state index is 12.4. The largest absolute Gasteiger partial charge is 0.493 e. The van der Waals surface area contributed by atoms with Crippen molar-refractivity contribution in [2.75, 3.05) is 25.5 Å². The summed E-state index contributed by atoms with van der Waals surface area (Å²) in [4.78, 5) is 18.2. The second-order valence-electron chi connectivity index (χ2n) is 5.34. The molecule has 23 heavy (non-hydrogen) atoms. The summed E-state index contributed by atoms with van der Waals surface area (Å²) in [6, 6.07) is 5.41. The van der Waals surface area contributed by atoms with Crippen LogP contribution < -0.4 is 10.1 Å². The molecule has 2 heterocycles. The maximum Gasteiger partial charge on any atom is 0.321 e. The summed E-state index contributed by atoms with van der Waals surface area (Å²) in [5, 5.41) is 7.50. The molecule has 0 spiro atoms. The zero-order chi connectivity index (χ0) is 16.2. The third-order valence-corrected chi connectivity index (χ3v) is 4.27. The number of hydrogen-bond donors (Lipinski definition) is 1. The van der Waals surface area contributed by atoms with E-state index in [9.17, 15) is 4.79 Å². The maximum atomic E-state index is 12.4. The van der Waals surface area contributed by atoms with E-state index in [0.29, 0.717) is 35.6 Å². The number of piperidine rings is 1. The number of likely N-dealkylation sites (tertiary alicyclic amines) is 1. The first-order valence-corrected chi connectivity index (χ1v) is 7.79. The predicted octanol–water partition coefficient (Wildman–Crippen LogP) is 2.81. The summed E-state index contributed by atoms with van der Waals surface area (Å²) in [6.07, 6.45) is 4.95. The molecule has 1 aliphatic heterocycles. The van der Waals surface area contributed by atoms with Gasteiger partial charge in [-0.1, -0.05) is 17.7 Å². The number of methoxy groups -OCH3 is 1. The van der Waals surface area contributed by atoms with Crippen LogP contribution in [0, 0.1) is 0 Å². The first-order valence-electron chi connectivity index (χ1n) is 7.41. The zero-order valence-corrected chi connectivity index (χ0v) is 13.5. The van der Waals surface area contributed by atoms with Crippen LogP contribution in [0.4, 0.5) is 10.5 Å². The van der Waals surface area contributed by atoms with Gasteiger partial charge in [-0.25, -0.2) is 14.5 Å². The smallest absolute Gasteiger partial charge is 0.321 e. The van der Waals surface area contributed by atoms with E-state index in [2.05, 4.69) is 15.4 Å². The average molecular weight is 336 g/mol. The van der Waals surface area contributed by atoms with Gasteiger partial charge in [-0.15, -0.1) is 0 Å². The number of hydrogen-bond acceptors (Lipinski definition) is 4. The fourth-order valence-electron chi connectivity index (χ4n) is 2.75. The first kappa shape index (κ1) is 15.6. The Balaban J connectivity index is 1.61. The number of carbonyl (C=O) groups is 1. The summed E-state index contributed by atoms with van der Waals surface area (Å²) in [5.74, 6) is 0.472. The van der Waals surface area contributed by atoms with E-state index in [4.69, 9.17) is 16.3 Å². The summed E-state index contributed by atoms with van der Waals surface area (Å²) in [6.45, 7) is 1.33. The molecule has 1 N–H and O–H groups in total. The molecule has 1 aromatic heterocycles. The number of anilines is 1. The summed E-state index contributed by atoms with van der Waals surface area (Å²) in [5.41, 5.74) is 0.573. The van der Waals surface area contributed by atoms with Gasteiger partial charge in [0.15, 0.2) is 5.75 Å². The lowest BCUT2D eigenvalue weighted by molar-refractivity contribution is 0.180. The van der Waals surface area contributed by atoms with Gasteiger partial charge in [-0.3, -0.25) is 0 Å². The van der Waals surface area contributed by atoms with E-state index < -0.39 is 0 Å². The van der Waals surface area contributed by atoms with Crippen LogP contribution >= 0.6 is 11.6 Å². The molecule has 2 amide bonds. The third kappa shape index (κ3) is 3.39. The van der Waals surface area contributed by atoms with Crippen molar-refractivity contribution in [2.45, 2.75) is 18.9 Å². The van der Waals surface area contributed by atoms with Crippen LogP contribution in [0.2, 0.25) is 5.02 Å². The highest BCUT2D eigenvalue weighted by molar-refractivity contribution is 6.32. The van der Waals surface area contributed by atoms with Gasteiger partial charge in [-0.05, 0) is 25.0 Å². The molecule has 1 aromatic carbocycles. The second-order valence-corrected chi connectivity index (χ2v) is 5.75. The Bertz CT molecular complexity index is 669. The van der Waals surface area contributed by atoms with Crippen molar-refractivity contribution in [1.29, 1.82) is 0 Å². The van der Waals surface area contributed by atoms with Crippen molar-refractivity contribution < 1.29 is 9.53 Å². The number of rotatable bonds is 3. The van der Waals surface area contributed by atoms with Crippen LogP contribution in [-0.4, -0.2) is 45.9 Å². The highest BCUT2D eigenvalue weighted by Gasteiger charge is 2.24. The lowest BCUT2D eigenvalue weighted by atomic mass is 10.1.